The van der Waals surface area contributed by atoms with E-state index in [2.05, 4.69) is 25.8 Å². The maximum atomic E-state index is 6.19. The summed E-state index contributed by atoms with van der Waals surface area (Å²) in [5.41, 5.74) is 0. The molecule has 1 saturated heterocycles. The van der Waals surface area contributed by atoms with Crippen molar-refractivity contribution in [2.24, 2.45) is 5.92 Å². The lowest BCUT2D eigenvalue weighted by Crippen LogP contribution is -2.36. The van der Waals surface area contributed by atoms with Gasteiger partial charge in [-0.3, -0.25) is 0 Å². The Labute approximate surface area is 120 Å². The van der Waals surface area contributed by atoms with Crippen LogP contribution in [-0.4, -0.2) is 23.4 Å². The first-order valence-corrected chi connectivity index (χ1v) is 7.70. The molecule has 94 valence electrons. The fourth-order valence-corrected chi connectivity index (χ4v) is 3.43. The quantitative estimate of drug-likeness (QED) is 0.760. The SMILES string of the molecule is Clc1cnc(N2CCCC(CCBr)C2)c(Cl)c1. The molecule has 0 saturated carbocycles. The molecule has 1 unspecified atom stereocenters. The number of rotatable bonds is 3. The summed E-state index contributed by atoms with van der Waals surface area (Å²) in [4.78, 5) is 6.62. The number of hydrogen-bond acceptors (Lipinski definition) is 2. The highest BCUT2D eigenvalue weighted by atomic mass is 79.9. The number of halogens is 3. The molecule has 0 bridgehead atoms. The molecule has 0 radical (unpaired) electrons. The van der Waals surface area contributed by atoms with Crippen molar-refractivity contribution in [2.75, 3.05) is 23.3 Å². The Morgan fingerprint density at radius 1 is 1.47 bits per heavy atom. The third-order valence-corrected chi connectivity index (χ3v) is 4.07. The van der Waals surface area contributed by atoms with E-state index in [9.17, 15) is 0 Å². The number of anilines is 1. The van der Waals surface area contributed by atoms with Crippen molar-refractivity contribution in [3.63, 3.8) is 0 Å². The molecular weight excluding hydrogens is 323 g/mol. The van der Waals surface area contributed by atoms with Crippen molar-refractivity contribution in [1.82, 2.24) is 4.98 Å². The lowest BCUT2D eigenvalue weighted by atomic mass is 9.96. The van der Waals surface area contributed by atoms with Gasteiger partial charge in [-0.05, 0) is 31.2 Å². The molecule has 2 nitrogen and oxygen atoms in total. The molecule has 5 heteroatoms. The van der Waals surface area contributed by atoms with Crippen LogP contribution in [0.4, 0.5) is 5.82 Å². The zero-order valence-electron chi connectivity index (χ0n) is 9.50. The van der Waals surface area contributed by atoms with E-state index < -0.39 is 0 Å². The third-order valence-electron chi connectivity index (χ3n) is 3.12. The Bertz CT molecular complexity index is 385. The van der Waals surface area contributed by atoms with E-state index in [1.807, 2.05) is 0 Å². The maximum absolute atomic E-state index is 6.19. The minimum absolute atomic E-state index is 0.591. The largest absolute Gasteiger partial charge is 0.355 e. The monoisotopic (exact) mass is 336 g/mol. The predicted octanol–water partition coefficient (Wildman–Crippen LogP) is 4.39. The third kappa shape index (κ3) is 3.49. The predicted molar refractivity (Wildman–Crippen MR) is 77.6 cm³/mol. The second-order valence-electron chi connectivity index (χ2n) is 4.39. The number of hydrogen-bond donors (Lipinski definition) is 0. The van der Waals surface area contributed by atoms with E-state index in [-0.39, 0.29) is 0 Å². The van der Waals surface area contributed by atoms with Gasteiger partial charge >= 0.3 is 0 Å². The summed E-state index contributed by atoms with van der Waals surface area (Å²) >= 11 is 15.6. The van der Waals surface area contributed by atoms with Gasteiger partial charge in [0.25, 0.3) is 0 Å². The Morgan fingerprint density at radius 2 is 2.29 bits per heavy atom. The summed E-state index contributed by atoms with van der Waals surface area (Å²) in [5, 5.41) is 2.30. The minimum atomic E-state index is 0.591. The van der Waals surface area contributed by atoms with E-state index in [1.54, 1.807) is 12.3 Å². The first-order chi connectivity index (χ1) is 8.20. The molecule has 1 atom stereocenters. The summed E-state index contributed by atoms with van der Waals surface area (Å²) in [6.07, 6.45) is 5.38. The van der Waals surface area contributed by atoms with Crippen LogP contribution in [0.5, 0.6) is 0 Å². The molecule has 1 aliphatic heterocycles. The van der Waals surface area contributed by atoms with Crippen LogP contribution in [0.2, 0.25) is 10.0 Å². The molecule has 0 aliphatic carbocycles. The van der Waals surface area contributed by atoms with Gasteiger partial charge in [-0.2, -0.15) is 0 Å². The molecule has 1 aromatic heterocycles. The average Bonchev–Trinajstić information content (AvgIpc) is 2.29. The normalized spacial score (nSPS) is 20.6. The number of piperidine rings is 1. The number of alkyl halides is 1. The molecule has 1 aliphatic rings. The maximum Gasteiger partial charge on any atom is 0.147 e. The Balaban J connectivity index is 2.10. The van der Waals surface area contributed by atoms with E-state index in [4.69, 9.17) is 23.2 Å². The average molecular weight is 338 g/mol. The van der Waals surface area contributed by atoms with Gasteiger partial charge in [-0.25, -0.2) is 4.98 Å². The highest BCUT2D eigenvalue weighted by Crippen LogP contribution is 2.30. The summed E-state index contributed by atoms with van der Waals surface area (Å²) in [5.74, 6) is 1.60. The molecule has 1 fully saturated rings. The van der Waals surface area contributed by atoms with E-state index >= 15 is 0 Å². The van der Waals surface area contributed by atoms with Gasteiger partial charge in [0.05, 0.1) is 10.0 Å². The molecule has 0 N–H and O–H groups in total. The highest BCUT2D eigenvalue weighted by molar-refractivity contribution is 9.09. The van der Waals surface area contributed by atoms with E-state index in [1.165, 1.54) is 19.3 Å². The van der Waals surface area contributed by atoms with Crippen molar-refractivity contribution >= 4 is 44.9 Å². The summed E-state index contributed by atoms with van der Waals surface area (Å²) in [7, 11) is 0. The van der Waals surface area contributed by atoms with Crippen molar-refractivity contribution in [1.29, 1.82) is 0 Å². The zero-order valence-corrected chi connectivity index (χ0v) is 12.6. The molecule has 1 aromatic rings. The smallest absolute Gasteiger partial charge is 0.147 e. The summed E-state index contributed by atoms with van der Waals surface area (Å²) in [6.45, 7) is 2.08. The van der Waals surface area contributed by atoms with Crippen LogP contribution in [0.25, 0.3) is 0 Å². The number of aromatic nitrogens is 1. The minimum Gasteiger partial charge on any atom is -0.355 e. The number of nitrogens with zero attached hydrogens (tertiary/aromatic N) is 2. The van der Waals surface area contributed by atoms with Crippen molar-refractivity contribution in [3.05, 3.63) is 22.3 Å². The molecule has 2 rings (SSSR count). The first-order valence-electron chi connectivity index (χ1n) is 5.82. The van der Waals surface area contributed by atoms with Gasteiger partial charge in [0.15, 0.2) is 0 Å². The van der Waals surface area contributed by atoms with Crippen LogP contribution in [0.3, 0.4) is 0 Å². The van der Waals surface area contributed by atoms with Gasteiger partial charge in [0, 0.05) is 24.6 Å². The highest BCUT2D eigenvalue weighted by Gasteiger charge is 2.21. The summed E-state index contributed by atoms with van der Waals surface area (Å²) in [6, 6.07) is 1.76. The lowest BCUT2D eigenvalue weighted by molar-refractivity contribution is 0.406. The van der Waals surface area contributed by atoms with Crippen molar-refractivity contribution in [3.8, 4) is 0 Å². The standard InChI is InChI=1S/C12H15BrCl2N2/c13-4-3-9-2-1-5-17(8-9)12-11(15)6-10(14)7-16-12/h6-7,9H,1-5,8H2. The second kappa shape index (κ2) is 6.26. The molecule has 0 aromatic carbocycles. The van der Waals surface area contributed by atoms with Crippen molar-refractivity contribution < 1.29 is 0 Å². The van der Waals surface area contributed by atoms with Crippen LogP contribution in [0.1, 0.15) is 19.3 Å². The Hall–Kier alpha value is 0.01000. The van der Waals surface area contributed by atoms with Crippen molar-refractivity contribution in [2.45, 2.75) is 19.3 Å². The molecular formula is C12H15BrCl2N2. The van der Waals surface area contributed by atoms with Gasteiger partial charge in [-0.15, -0.1) is 0 Å². The van der Waals surface area contributed by atoms with Crippen LogP contribution in [0.15, 0.2) is 12.3 Å². The van der Waals surface area contributed by atoms with Crippen LogP contribution in [-0.2, 0) is 0 Å². The van der Waals surface area contributed by atoms with Gasteiger partial charge in [0.1, 0.15) is 5.82 Å². The number of pyridine rings is 1. The van der Waals surface area contributed by atoms with Gasteiger partial charge < -0.3 is 4.90 Å². The van der Waals surface area contributed by atoms with Crippen LogP contribution >= 0.6 is 39.1 Å². The van der Waals surface area contributed by atoms with E-state index in [0.717, 1.165) is 30.2 Å². The second-order valence-corrected chi connectivity index (χ2v) is 6.03. The Morgan fingerprint density at radius 3 is 3.00 bits per heavy atom. The van der Waals surface area contributed by atoms with Gasteiger partial charge in [0.2, 0.25) is 0 Å². The molecule has 0 spiro atoms. The van der Waals surface area contributed by atoms with E-state index in [0.29, 0.717) is 10.0 Å². The molecule has 2 heterocycles. The van der Waals surface area contributed by atoms with Crippen LogP contribution in [0, 0.1) is 5.92 Å². The topological polar surface area (TPSA) is 16.1 Å². The van der Waals surface area contributed by atoms with Gasteiger partial charge in [-0.1, -0.05) is 39.1 Å². The Kier molecular flexibility index (Phi) is 4.95. The zero-order chi connectivity index (χ0) is 12.3. The first kappa shape index (κ1) is 13.4. The van der Waals surface area contributed by atoms with Crippen LogP contribution < -0.4 is 4.90 Å². The summed E-state index contributed by atoms with van der Waals surface area (Å²) < 4.78 is 0. The molecule has 0 amide bonds. The fraction of sp³-hybridized carbons (Fsp3) is 0.583. The lowest BCUT2D eigenvalue weighted by Gasteiger charge is -2.33. The molecule has 17 heavy (non-hydrogen) atoms. The fourth-order valence-electron chi connectivity index (χ4n) is 2.29.